The molecule has 8 heteroatoms. The van der Waals surface area contributed by atoms with Crippen molar-refractivity contribution < 1.29 is 19.6 Å². The minimum Gasteiger partial charge on any atom is -0.480 e. The van der Waals surface area contributed by atoms with Crippen molar-refractivity contribution in [1.29, 1.82) is 0 Å². The van der Waals surface area contributed by atoms with Crippen LogP contribution < -0.4 is 5.32 Å². The van der Waals surface area contributed by atoms with E-state index in [-0.39, 0.29) is 18.2 Å². The maximum atomic E-state index is 12.1. The fraction of sp³-hybridized carbons (Fsp3) is 0.467. The molecule has 0 aromatic heterocycles. The van der Waals surface area contributed by atoms with Gasteiger partial charge >= 0.3 is 12.0 Å². The van der Waals surface area contributed by atoms with E-state index in [2.05, 4.69) is 5.32 Å². The predicted molar refractivity (Wildman–Crippen MR) is 84.0 cm³/mol. The van der Waals surface area contributed by atoms with Gasteiger partial charge in [0, 0.05) is 25.7 Å². The molecule has 23 heavy (non-hydrogen) atoms. The largest absolute Gasteiger partial charge is 0.480 e. The van der Waals surface area contributed by atoms with Crippen LogP contribution >= 0.6 is 0 Å². The average molecular weight is 323 g/mol. The summed E-state index contributed by atoms with van der Waals surface area (Å²) in [6.07, 6.45) is 0.617. The molecular weight excluding hydrogens is 302 g/mol. The molecule has 0 heterocycles. The number of rotatable bonds is 7. The first kappa shape index (κ1) is 18.4. The average Bonchev–Trinajstić information content (AvgIpc) is 2.51. The third kappa shape index (κ3) is 5.24. The molecule has 0 aliphatic rings. The van der Waals surface area contributed by atoms with Gasteiger partial charge in [-0.05, 0) is 11.5 Å². The number of nitro groups is 1. The highest BCUT2D eigenvalue weighted by atomic mass is 16.6. The summed E-state index contributed by atoms with van der Waals surface area (Å²) in [5, 5.41) is 22.4. The van der Waals surface area contributed by atoms with Crippen molar-refractivity contribution in [3.63, 3.8) is 0 Å². The molecule has 126 valence electrons. The normalized spacial score (nSPS) is 13.0. The lowest BCUT2D eigenvalue weighted by atomic mass is 9.99. The van der Waals surface area contributed by atoms with Crippen molar-refractivity contribution in [2.24, 2.45) is 5.92 Å². The topological polar surface area (TPSA) is 113 Å². The third-order valence-electron chi connectivity index (χ3n) is 3.65. The summed E-state index contributed by atoms with van der Waals surface area (Å²) in [6, 6.07) is 4.45. The molecule has 2 N–H and O–H groups in total. The number of carboxylic acid groups (broad SMARTS) is 1. The Morgan fingerprint density at radius 2 is 2.09 bits per heavy atom. The van der Waals surface area contributed by atoms with Gasteiger partial charge in [0.2, 0.25) is 0 Å². The minimum absolute atomic E-state index is 0.0562. The molecule has 0 radical (unpaired) electrons. The number of aliphatic carboxylic acids is 1. The molecular formula is C15H21N3O5. The van der Waals surface area contributed by atoms with Gasteiger partial charge in [-0.25, -0.2) is 9.59 Å². The molecule has 0 fully saturated rings. The Morgan fingerprint density at radius 1 is 1.43 bits per heavy atom. The number of nitrogens with zero attached hydrogens (tertiary/aromatic N) is 2. The second-order valence-electron chi connectivity index (χ2n) is 5.43. The van der Waals surface area contributed by atoms with Gasteiger partial charge in [-0.1, -0.05) is 32.4 Å². The molecule has 0 aliphatic carbocycles. The van der Waals surface area contributed by atoms with Crippen LogP contribution in [-0.4, -0.2) is 40.0 Å². The van der Waals surface area contributed by atoms with Gasteiger partial charge in [0.25, 0.3) is 5.69 Å². The highest BCUT2D eigenvalue weighted by molar-refractivity contribution is 5.82. The number of carbonyl (C=O) groups is 2. The van der Waals surface area contributed by atoms with Gasteiger partial charge in [-0.15, -0.1) is 0 Å². The van der Waals surface area contributed by atoms with Gasteiger partial charge in [-0.3, -0.25) is 10.1 Å². The summed E-state index contributed by atoms with van der Waals surface area (Å²) in [4.78, 5) is 34.9. The number of hydrogen-bond acceptors (Lipinski definition) is 4. The Morgan fingerprint density at radius 3 is 2.61 bits per heavy atom. The first-order valence-corrected chi connectivity index (χ1v) is 7.24. The van der Waals surface area contributed by atoms with E-state index in [4.69, 9.17) is 0 Å². The number of nitrogens with one attached hydrogen (secondary N) is 1. The SMILES string of the molecule is CC[C@H](C)[C@H](NC(=O)N(C)Cc1cccc([N+](=O)[O-])c1)C(=O)O. The van der Waals surface area contributed by atoms with Crippen LogP contribution in [-0.2, 0) is 11.3 Å². The Bertz CT molecular complexity index is 590. The van der Waals surface area contributed by atoms with Crippen molar-refractivity contribution in [3.05, 3.63) is 39.9 Å². The fourth-order valence-electron chi connectivity index (χ4n) is 2.04. The smallest absolute Gasteiger partial charge is 0.326 e. The summed E-state index contributed by atoms with van der Waals surface area (Å²) in [7, 11) is 1.50. The van der Waals surface area contributed by atoms with E-state index in [0.717, 1.165) is 0 Å². The molecule has 1 aromatic carbocycles. The van der Waals surface area contributed by atoms with E-state index in [0.29, 0.717) is 12.0 Å². The third-order valence-corrected chi connectivity index (χ3v) is 3.65. The lowest BCUT2D eigenvalue weighted by molar-refractivity contribution is -0.384. The van der Waals surface area contributed by atoms with Gasteiger partial charge in [-0.2, -0.15) is 0 Å². The number of carboxylic acids is 1. The quantitative estimate of drug-likeness (QED) is 0.590. The monoisotopic (exact) mass is 323 g/mol. The number of hydrogen-bond donors (Lipinski definition) is 2. The molecule has 8 nitrogen and oxygen atoms in total. The Labute approximate surface area is 134 Å². The first-order chi connectivity index (χ1) is 10.8. The van der Waals surface area contributed by atoms with Crippen molar-refractivity contribution >= 4 is 17.7 Å². The lowest BCUT2D eigenvalue weighted by Gasteiger charge is -2.24. The zero-order chi connectivity index (χ0) is 17.6. The highest BCUT2D eigenvalue weighted by Gasteiger charge is 2.26. The summed E-state index contributed by atoms with van der Waals surface area (Å²) in [5.74, 6) is -1.29. The maximum Gasteiger partial charge on any atom is 0.326 e. The molecule has 2 atom stereocenters. The molecule has 0 aliphatic heterocycles. The summed E-state index contributed by atoms with van der Waals surface area (Å²) in [5.41, 5.74) is 0.534. The second-order valence-corrected chi connectivity index (χ2v) is 5.43. The first-order valence-electron chi connectivity index (χ1n) is 7.24. The number of urea groups is 1. The molecule has 0 unspecified atom stereocenters. The van der Waals surface area contributed by atoms with E-state index in [1.165, 1.54) is 24.1 Å². The Hall–Kier alpha value is -2.64. The van der Waals surface area contributed by atoms with Crippen LogP contribution in [0.15, 0.2) is 24.3 Å². The highest BCUT2D eigenvalue weighted by Crippen LogP contribution is 2.15. The van der Waals surface area contributed by atoms with Crippen molar-refractivity contribution in [2.75, 3.05) is 7.05 Å². The van der Waals surface area contributed by atoms with Gasteiger partial charge in [0.15, 0.2) is 0 Å². The van der Waals surface area contributed by atoms with Crippen LogP contribution in [0.4, 0.5) is 10.5 Å². The number of carbonyl (C=O) groups excluding carboxylic acids is 1. The molecule has 0 saturated heterocycles. The van der Waals surface area contributed by atoms with E-state index < -0.39 is 23.0 Å². The standard InChI is InChI=1S/C15H21N3O5/c1-4-10(2)13(14(19)20)16-15(21)17(3)9-11-6-5-7-12(8-11)18(22)23/h5-8,10,13H,4,9H2,1-3H3,(H,16,21)(H,19,20)/t10-,13-/m0/s1. The van der Waals surface area contributed by atoms with Gasteiger partial charge in [0.1, 0.15) is 6.04 Å². The zero-order valence-electron chi connectivity index (χ0n) is 13.4. The van der Waals surface area contributed by atoms with E-state index in [9.17, 15) is 24.8 Å². The summed E-state index contributed by atoms with van der Waals surface area (Å²) >= 11 is 0. The van der Waals surface area contributed by atoms with Crippen molar-refractivity contribution in [2.45, 2.75) is 32.9 Å². The van der Waals surface area contributed by atoms with Crippen molar-refractivity contribution in [3.8, 4) is 0 Å². The summed E-state index contributed by atoms with van der Waals surface area (Å²) < 4.78 is 0. The Balaban J connectivity index is 2.75. The second kappa shape index (κ2) is 8.11. The molecule has 2 amide bonds. The van der Waals surface area contributed by atoms with Crippen LogP contribution in [0.3, 0.4) is 0 Å². The van der Waals surface area contributed by atoms with E-state index in [1.807, 2.05) is 6.92 Å². The van der Waals surface area contributed by atoms with E-state index in [1.54, 1.807) is 19.1 Å². The molecule has 1 rings (SSSR count). The number of non-ortho nitro benzene ring substituents is 1. The molecule has 0 bridgehead atoms. The molecule has 0 spiro atoms. The summed E-state index contributed by atoms with van der Waals surface area (Å²) in [6.45, 7) is 3.74. The molecule has 0 saturated carbocycles. The number of amides is 2. The van der Waals surface area contributed by atoms with Crippen molar-refractivity contribution in [1.82, 2.24) is 10.2 Å². The fourth-order valence-corrected chi connectivity index (χ4v) is 2.04. The maximum absolute atomic E-state index is 12.1. The minimum atomic E-state index is -1.09. The van der Waals surface area contributed by atoms with Crippen LogP contribution in [0.2, 0.25) is 0 Å². The van der Waals surface area contributed by atoms with Crippen LogP contribution in [0.25, 0.3) is 0 Å². The molecule has 1 aromatic rings. The van der Waals surface area contributed by atoms with Gasteiger partial charge in [0.05, 0.1) is 4.92 Å². The van der Waals surface area contributed by atoms with Gasteiger partial charge < -0.3 is 15.3 Å². The predicted octanol–water partition coefficient (Wildman–Crippen LogP) is 2.24. The van der Waals surface area contributed by atoms with Crippen LogP contribution in [0.5, 0.6) is 0 Å². The van der Waals surface area contributed by atoms with Crippen LogP contribution in [0.1, 0.15) is 25.8 Å². The number of nitro benzene ring substituents is 1. The zero-order valence-corrected chi connectivity index (χ0v) is 13.4. The number of benzene rings is 1. The lowest BCUT2D eigenvalue weighted by Crippen LogP contribution is -2.49. The van der Waals surface area contributed by atoms with E-state index >= 15 is 0 Å². The Kier molecular flexibility index (Phi) is 6.49. The van der Waals surface area contributed by atoms with Crippen LogP contribution in [0, 0.1) is 16.0 Å².